The number of carbonyl (C=O) groups is 1. The fourth-order valence-corrected chi connectivity index (χ4v) is 3.96. The van der Waals surface area contributed by atoms with E-state index in [0.717, 1.165) is 19.1 Å². The third-order valence-electron chi connectivity index (χ3n) is 5.08. The second-order valence-corrected chi connectivity index (χ2v) is 9.91. The molecule has 0 radical (unpaired) electrons. The second-order valence-electron chi connectivity index (χ2n) is 8.16. The standard InChI is InChI=1S/C21H24FN7O4S/c1-11(25-21(30)31)10-24-20-23-9-8-15(26-20)18-17(27-19(28-18)12-6-7-12)13-4-3-5-14(16(13)22)29-34(2,32)33/h3-5,8-9,11-12,25,29H,6-7,10H2,1-2H3,(H,27,28)(H,30,31)(H,23,24,26)/t11-/m0/s1. The van der Waals surface area contributed by atoms with Gasteiger partial charge in [0.05, 0.1) is 23.3 Å². The summed E-state index contributed by atoms with van der Waals surface area (Å²) in [6.45, 7) is 1.95. The molecule has 0 spiro atoms. The van der Waals surface area contributed by atoms with Crippen molar-refractivity contribution >= 4 is 27.8 Å². The Balaban J connectivity index is 1.70. The normalized spacial score (nSPS) is 14.4. The average Bonchev–Trinajstić information content (AvgIpc) is 3.51. The lowest BCUT2D eigenvalue weighted by molar-refractivity contribution is 0.191. The molecule has 1 atom stereocenters. The number of rotatable bonds is 9. The topological polar surface area (TPSA) is 162 Å². The summed E-state index contributed by atoms with van der Waals surface area (Å²) >= 11 is 0. The van der Waals surface area contributed by atoms with Crippen molar-refractivity contribution in [3.8, 4) is 22.6 Å². The number of nitrogens with one attached hydrogen (secondary N) is 4. The first-order valence-corrected chi connectivity index (χ1v) is 12.4. The van der Waals surface area contributed by atoms with E-state index in [0.29, 0.717) is 22.9 Å². The fourth-order valence-electron chi connectivity index (χ4n) is 3.40. The van der Waals surface area contributed by atoms with Crippen LogP contribution < -0.4 is 15.4 Å². The van der Waals surface area contributed by atoms with E-state index in [1.807, 2.05) is 0 Å². The molecule has 1 saturated carbocycles. The number of imidazole rings is 1. The molecule has 0 aliphatic heterocycles. The van der Waals surface area contributed by atoms with Crippen molar-refractivity contribution in [2.75, 3.05) is 22.8 Å². The van der Waals surface area contributed by atoms with Crippen LogP contribution in [0.2, 0.25) is 0 Å². The Kier molecular flexibility index (Phi) is 6.37. The Labute approximate surface area is 195 Å². The summed E-state index contributed by atoms with van der Waals surface area (Å²) in [5, 5.41) is 14.1. The molecule has 3 aromatic rings. The van der Waals surface area contributed by atoms with Crippen LogP contribution in [0.3, 0.4) is 0 Å². The fraction of sp³-hybridized carbons (Fsp3) is 0.333. The third kappa shape index (κ3) is 5.60. The minimum atomic E-state index is -3.67. The van der Waals surface area contributed by atoms with Crippen molar-refractivity contribution in [2.24, 2.45) is 0 Å². The van der Waals surface area contributed by atoms with E-state index in [-0.39, 0.29) is 35.7 Å². The first kappa shape index (κ1) is 23.4. The van der Waals surface area contributed by atoms with Gasteiger partial charge in [-0.3, -0.25) is 4.72 Å². The van der Waals surface area contributed by atoms with Crippen LogP contribution in [0.15, 0.2) is 30.5 Å². The number of aromatic nitrogens is 4. The number of hydrogen-bond donors (Lipinski definition) is 5. The predicted molar refractivity (Wildman–Crippen MR) is 125 cm³/mol. The van der Waals surface area contributed by atoms with Gasteiger partial charge in [-0.15, -0.1) is 0 Å². The number of aromatic amines is 1. The van der Waals surface area contributed by atoms with E-state index in [2.05, 4.69) is 35.3 Å². The molecule has 4 rings (SSSR count). The zero-order chi connectivity index (χ0) is 24.5. The molecule has 5 N–H and O–H groups in total. The molecule has 0 unspecified atom stereocenters. The van der Waals surface area contributed by atoms with Crippen LogP contribution in [0.4, 0.5) is 20.8 Å². The van der Waals surface area contributed by atoms with E-state index < -0.39 is 21.9 Å². The Morgan fingerprint density at radius 3 is 2.74 bits per heavy atom. The molecule has 1 amide bonds. The molecule has 34 heavy (non-hydrogen) atoms. The van der Waals surface area contributed by atoms with Crippen molar-refractivity contribution in [3.05, 3.63) is 42.1 Å². The largest absolute Gasteiger partial charge is 0.465 e. The van der Waals surface area contributed by atoms with Crippen LogP contribution in [0.5, 0.6) is 0 Å². The maximum absolute atomic E-state index is 15.3. The summed E-state index contributed by atoms with van der Waals surface area (Å²) in [6, 6.07) is 5.68. The zero-order valence-corrected chi connectivity index (χ0v) is 19.3. The Morgan fingerprint density at radius 2 is 2.06 bits per heavy atom. The molecule has 1 aliphatic rings. The van der Waals surface area contributed by atoms with Gasteiger partial charge < -0.3 is 20.7 Å². The minimum absolute atomic E-state index is 0.124. The second kappa shape index (κ2) is 9.25. The number of halogens is 1. The molecule has 1 aromatic carbocycles. The maximum Gasteiger partial charge on any atom is 0.404 e. The molecule has 13 heteroatoms. The number of H-pyrrole nitrogens is 1. The highest BCUT2D eigenvalue weighted by Crippen LogP contribution is 2.42. The highest BCUT2D eigenvalue weighted by Gasteiger charge is 2.30. The molecule has 1 aliphatic carbocycles. The third-order valence-corrected chi connectivity index (χ3v) is 5.67. The number of nitrogens with zero attached hydrogens (tertiary/aromatic N) is 3. The molecule has 1 fully saturated rings. The van der Waals surface area contributed by atoms with Gasteiger partial charge in [-0.2, -0.15) is 0 Å². The van der Waals surface area contributed by atoms with Gasteiger partial charge in [-0.25, -0.2) is 32.6 Å². The lowest BCUT2D eigenvalue weighted by Gasteiger charge is -2.13. The molecule has 0 saturated heterocycles. The van der Waals surface area contributed by atoms with Gasteiger partial charge in [0.15, 0.2) is 5.82 Å². The van der Waals surface area contributed by atoms with Gasteiger partial charge in [0.25, 0.3) is 0 Å². The molecule has 2 heterocycles. The number of anilines is 2. The van der Waals surface area contributed by atoms with Crippen LogP contribution in [0, 0.1) is 5.82 Å². The van der Waals surface area contributed by atoms with E-state index in [1.165, 1.54) is 18.3 Å². The quantitative estimate of drug-likeness (QED) is 0.306. The maximum atomic E-state index is 15.3. The molecular weight excluding hydrogens is 465 g/mol. The number of sulfonamides is 1. The molecule has 180 valence electrons. The van der Waals surface area contributed by atoms with E-state index in [4.69, 9.17) is 5.11 Å². The minimum Gasteiger partial charge on any atom is -0.465 e. The summed E-state index contributed by atoms with van der Waals surface area (Å²) in [4.78, 5) is 27.3. The van der Waals surface area contributed by atoms with E-state index in [1.54, 1.807) is 19.1 Å². The summed E-state index contributed by atoms with van der Waals surface area (Å²) in [6.07, 6.45) is 3.28. The van der Waals surface area contributed by atoms with Crippen LogP contribution >= 0.6 is 0 Å². The van der Waals surface area contributed by atoms with Gasteiger partial charge in [0, 0.05) is 30.3 Å². The predicted octanol–water partition coefficient (Wildman–Crippen LogP) is 2.99. The first-order valence-electron chi connectivity index (χ1n) is 10.5. The van der Waals surface area contributed by atoms with Crippen LogP contribution in [-0.4, -0.2) is 58.4 Å². The van der Waals surface area contributed by atoms with Crippen molar-refractivity contribution in [3.63, 3.8) is 0 Å². The number of carboxylic acid groups (broad SMARTS) is 1. The lowest BCUT2D eigenvalue weighted by Crippen LogP contribution is -2.36. The van der Waals surface area contributed by atoms with Crippen molar-refractivity contribution in [1.82, 2.24) is 25.3 Å². The zero-order valence-electron chi connectivity index (χ0n) is 18.5. The molecule has 0 bridgehead atoms. The monoisotopic (exact) mass is 489 g/mol. The van der Waals surface area contributed by atoms with Gasteiger partial charge in [-0.1, -0.05) is 6.07 Å². The summed E-state index contributed by atoms with van der Waals surface area (Å²) < 4.78 is 40.8. The summed E-state index contributed by atoms with van der Waals surface area (Å²) in [7, 11) is -3.67. The van der Waals surface area contributed by atoms with Gasteiger partial charge in [0.2, 0.25) is 16.0 Å². The SMILES string of the molecule is C[C@@H](CNc1nccc(-c2[nH]c(C3CC3)nc2-c2cccc(NS(C)(=O)=O)c2F)n1)NC(=O)O. The summed E-state index contributed by atoms with van der Waals surface area (Å²) in [5.74, 6) is 0.468. The summed E-state index contributed by atoms with van der Waals surface area (Å²) in [5.41, 5.74) is 1.18. The molecular formula is C21H24FN7O4S. The Morgan fingerprint density at radius 1 is 1.29 bits per heavy atom. The highest BCUT2D eigenvalue weighted by molar-refractivity contribution is 7.92. The van der Waals surface area contributed by atoms with E-state index >= 15 is 4.39 Å². The van der Waals surface area contributed by atoms with Crippen LogP contribution in [0.1, 0.15) is 31.5 Å². The van der Waals surface area contributed by atoms with Crippen molar-refractivity contribution in [1.29, 1.82) is 0 Å². The first-order chi connectivity index (χ1) is 16.1. The molecule has 2 aromatic heterocycles. The molecule has 11 nitrogen and oxygen atoms in total. The number of amides is 1. The van der Waals surface area contributed by atoms with Crippen LogP contribution in [0.25, 0.3) is 22.6 Å². The Hall–Kier alpha value is -3.74. The van der Waals surface area contributed by atoms with Gasteiger partial charge >= 0.3 is 6.09 Å². The number of benzene rings is 1. The van der Waals surface area contributed by atoms with Crippen LogP contribution in [-0.2, 0) is 10.0 Å². The number of hydrogen-bond acceptors (Lipinski definition) is 7. The van der Waals surface area contributed by atoms with Crippen molar-refractivity contribution < 1.29 is 22.7 Å². The van der Waals surface area contributed by atoms with Gasteiger partial charge in [-0.05, 0) is 38.0 Å². The highest BCUT2D eigenvalue weighted by atomic mass is 32.2. The van der Waals surface area contributed by atoms with Crippen molar-refractivity contribution in [2.45, 2.75) is 31.7 Å². The average molecular weight is 490 g/mol. The lowest BCUT2D eigenvalue weighted by atomic mass is 10.1. The smallest absolute Gasteiger partial charge is 0.404 e. The van der Waals surface area contributed by atoms with E-state index in [9.17, 15) is 13.2 Å². The van der Waals surface area contributed by atoms with Gasteiger partial charge in [0.1, 0.15) is 11.5 Å². The Bertz CT molecular complexity index is 1320.